The van der Waals surface area contributed by atoms with Crippen molar-refractivity contribution in [3.63, 3.8) is 0 Å². The zero-order chi connectivity index (χ0) is 43.0. The molecular weight excluding hydrogens is 779 g/mol. The number of rotatable bonds is 15. The number of piperidine rings is 2. The Hall–Kier alpha value is -5.31. The fourth-order valence-electron chi connectivity index (χ4n) is 9.19. The summed E-state index contributed by atoms with van der Waals surface area (Å²) in [7, 11) is 1.52. The molecule has 15 heteroatoms. The summed E-state index contributed by atoms with van der Waals surface area (Å²) in [5.74, 6) is -0.497. The Balaban J connectivity index is 0.000000210. The predicted molar refractivity (Wildman–Crippen MR) is 230 cm³/mol. The Morgan fingerprint density at radius 1 is 0.820 bits per heavy atom. The number of aliphatic carboxylic acids is 2. The smallest absolute Gasteiger partial charge is 0.304 e. The van der Waals surface area contributed by atoms with Crippen LogP contribution in [0.25, 0.3) is 0 Å². The molecule has 4 aliphatic rings. The van der Waals surface area contributed by atoms with Gasteiger partial charge in [-0.15, -0.1) is 0 Å². The molecule has 4 fully saturated rings. The third kappa shape index (κ3) is 13.1. The number of amides is 2. The van der Waals surface area contributed by atoms with Crippen LogP contribution < -0.4 is 30.3 Å². The molecule has 3 aromatic rings. The lowest BCUT2D eigenvalue weighted by Crippen LogP contribution is -2.45. The molecular formula is C46H63N7O8. The first-order chi connectivity index (χ1) is 29.6. The van der Waals surface area contributed by atoms with Gasteiger partial charge in [0.2, 0.25) is 11.8 Å². The molecule has 0 unspecified atom stereocenters. The normalized spacial score (nSPS) is 21.0. The molecule has 15 nitrogen and oxygen atoms in total. The van der Waals surface area contributed by atoms with Crippen molar-refractivity contribution < 1.29 is 38.9 Å². The summed E-state index contributed by atoms with van der Waals surface area (Å²) in [5.41, 5.74) is 1.92. The summed E-state index contributed by atoms with van der Waals surface area (Å²) in [6, 6.07) is 11.4. The Morgan fingerprint density at radius 2 is 1.51 bits per heavy atom. The van der Waals surface area contributed by atoms with Crippen LogP contribution in [0, 0.1) is 5.92 Å². The van der Waals surface area contributed by atoms with Crippen molar-refractivity contribution in [2.75, 3.05) is 44.8 Å². The van der Waals surface area contributed by atoms with Crippen molar-refractivity contribution in [2.45, 2.75) is 127 Å². The maximum atomic E-state index is 13.2. The maximum absolute atomic E-state index is 13.2. The summed E-state index contributed by atoms with van der Waals surface area (Å²) >= 11 is 0. The van der Waals surface area contributed by atoms with Crippen LogP contribution in [0.15, 0.2) is 48.8 Å². The van der Waals surface area contributed by atoms with E-state index in [4.69, 9.17) is 19.6 Å². The highest BCUT2D eigenvalue weighted by Gasteiger charge is 2.38. The van der Waals surface area contributed by atoms with E-state index in [0.29, 0.717) is 48.8 Å². The molecule has 2 atom stereocenters. The van der Waals surface area contributed by atoms with E-state index in [9.17, 15) is 24.3 Å². The zero-order valence-corrected chi connectivity index (χ0v) is 35.5. The molecule has 2 amide bonds. The van der Waals surface area contributed by atoms with Gasteiger partial charge in [-0.2, -0.15) is 4.98 Å². The Kier molecular flexibility index (Phi) is 16.7. The summed E-state index contributed by atoms with van der Waals surface area (Å²) in [4.78, 5) is 64.0. The van der Waals surface area contributed by atoms with Gasteiger partial charge in [0.05, 0.1) is 25.8 Å². The molecule has 0 radical (unpaired) electrons. The number of carbonyl (C=O) groups is 4. The first-order valence-electron chi connectivity index (χ1n) is 22.2. The maximum Gasteiger partial charge on any atom is 0.304 e. The van der Waals surface area contributed by atoms with Crippen LogP contribution in [0.3, 0.4) is 0 Å². The Labute approximate surface area is 358 Å². The third-order valence-corrected chi connectivity index (χ3v) is 12.4. The molecule has 3 aromatic heterocycles. The molecule has 2 aliphatic heterocycles. The third-order valence-electron chi connectivity index (χ3n) is 12.4. The number of anilines is 1. The number of hydrogen-bond acceptors (Lipinski definition) is 11. The summed E-state index contributed by atoms with van der Waals surface area (Å²) in [5, 5.41) is 28.2. The molecule has 5 heterocycles. The summed E-state index contributed by atoms with van der Waals surface area (Å²) < 4.78 is 11.5. The molecule has 61 heavy (non-hydrogen) atoms. The molecule has 5 N–H and O–H groups in total. The number of methoxy groups -OCH3 is 1. The topological polar surface area (TPSA) is 205 Å². The first-order valence-corrected chi connectivity index (χ1v) is 22.2. The summed E-state index contributed by atoms with van der Waals surface area (Å²) in [6.07, 6.45) is 18.8. The fourth-order valence-corrected chi connectivity index (χ4v) is 9.19. The van der Waals surface area contributed by atoms with Gasteiger partial charge < -0.3 is 40.5 Å². The van der Waals surface area contributed by atoms with E-state index in [-0.39, 0.29) is 48.5 Å². The van der Waals surface area contributed by atoms with Crippen molar-refractivity contribution in [3.05, 3.63) is 71.2 Å². The van der Waals surface area contributed by atoms with Gasteiger partial charge in [0.1, 0.15) is 16.9 Å². The monoisotopic (exact) mass is 841 g/mol. The molecule has 0 bridgehead atoms. The predicted octanol–water partition coefficient (Wildman–Crippen LogP) is 6.10. The van der Waals surface area contributed by atoms with Crippen LogP contribution in [0.5, 0.6) is 11.8 Å². The number of carbonyl (C=O) groups excluding carboxylic acids is 2. The summed E-state index contributed by atoms with van der Waals surface area (Å²) in [6.45, 7) is 3.23. The molecule has 330 valence electrons. The van der Waals surface area contributed by atoms with E-state index in [0.717, 1.165) is 102 Å². The number of carboxylic acid groups (broad SMARTS) is 2. The second-order valence-corrected chi connectivity index (χ2v) is 17.0. The first kappa shape index (κ1) is 45.2. The van der Waals surface area contributed by atoms with E-state index in [2.05, 4.69) is 30.8 Å². The minimum atomic E-state index is -0.858. The molecule has 2 aliphatic carbocycles. The van der Waals surface area contributed by atoms with E-state index in [1.54, 1.807) is 30.6 Å². The van der Waals surface area contributed by atoms with Crippen LogP contribution in [-0.4, -0.2) is 101 Å². The van der Waals surface area contributed by atoms with Crippen LogP contribution in [0.1, 0.15) is 135 Å². The Bertz CT molecular complexity index is 1910. The SMILES string of the molecule is COc1nc(N2CCC[C@@H](CC(=O)O)C2)ccc1C(=O)NC1CCCCC1.O=C(O)C[C@@]1(c2ccc(C(=O)NC3CCCCC3)c(OCCc3cccnc3)n2)CCCNC1. The van der Waals surface area contributed by atoms with Crippen molar-refractivity contribution in [2.24, 2.45) is 5.92 Å². The number of ether oxygens (including phenoxy) is 2. The van der Waals surface area contributed by atoms with Crippen LogP contribution >= 0.6 is 0 Å². The number of aromatic nitrogens is 3. The van der Waals surface area contributed by atoms with Crippen LogP contribution in [0.4, 0.5) is 5.82 Å². The second kappa shape index (κ2) is 22.5. The quantitative estimate of drug-likeness (QED) is 0.118. The van der Waals surface area contributed by atoms with Gasteiger partial charge in [-0.05, 0) is 99.7 Å². The number of pyridine rings is 3. The van der Waals surface area contributed by atoms with E-state index >= 15 is 0 Å². The standard InChI is InChI=1S/C26H34N4O4.C20H29N3O4/c31-23(32)16-26(12-5-14-28-18-26)22-10-9-21(24(33)29-20-7-2-1-3-8-20)25(30-22)34-15-11-19-6-4-13-27-17-19;1-27-20-16(19(26)21-15-7-3-2-4-8-15)9-10-17(22-20)23-11-5-6-14(13-23)12-18(24)25/h4,6,9-10,13,17,20,28H,1-3,5,7-8,11-12,14-16,18H2,(H,29,33)(H,31,32);9-10,14-15H,2-8,11-13H2,1H3,(H,21,26)(H,24,25)/t26-;14-/m00/s1. The van der Waals surface area contributed by atoms with Gasteiger partial charge in [-0.3, -0.25) is 24.2 Å². The van der Waals surface area contributed by atoms with Crippen molar-refractivity contribution in [1.82, 2.24) is 30.9 Å². The molecule has 0 aromatic carbocycles. The molecule has 2 saturated heterocycles. The number of carboxylic acids is 2. The largest absolute Gasteiger partial charge is 0.481 e. The van der Waals surface area contributed by atoms with E-state index in [1.165, 1.54) is 20.0 Å². The van der Waals surface area contributed by atoms with Gasteiger partial charge in [0.25, 0.3) is 11.8 Å². The number of nitrogens with one attached hydrogen (secondary N) is 3. The highest BCUT2D eigenvalue weighted by atomic mass is 16.5. The van der Waals surface area contributed by atoms with Gasteiger partial charge in [-0.25, -0.2) is 4.98 Å². The van der Waals surface area contributed by atoms with Crippen molar-refractivity contribution >= 4 is 29.6 Å². The van der Waals surface area contributed by atoms with Gasteiger partial charge in [0, 0.05) is 62.4 Å². The highest BCUT2D eigenvalue weighted by Crippen LogP contribution is 2.36. The van der Waals surface area contributed by atoms with E-state index in [1.807, 2.05) is 18.2 Å². The lowest BCUT2D eigenvalue weighted by atomic mass is 9.74. The molecule has 7 rings (SSSR count). The van der Waals surface area contributed by atoms with Crippen molar-refractivity contribution in [1.29, 1.82) is 0 Å². The average molecular weight is 842 g/mol. The molecule has 0 spiro atoms. The van der Waals surface area contributed by atoms with Crippen LogP contribution in [0.2, 0.25) is 0 Å². The van der Waals surface area contributed by atoms with Gasteiger partial charge >= 0.3 is 11.9 Å². The lowest BCUT2D eigenvalue weighted by Gasteiger charge is -2.36. The van der Waals surface area contributed by atoms with Gasteiger partial charge in [0.15, 0.2) is 0 Å². The van der Waals surface area contributed by atoms with Crippen molar-refractivity contribution in [3.8, 4) is 11.8 Å². The second-order valence-electron chi connectivity index (χ2n) is 17.0. The Morgan fingerprint density at radius 3 is 2.11 bits per heavy atom. The van der Waals surface area contributed by atoms with Crippen LogP contribution in [-0.2, 0) is 21.4 Å². The minimum absolute atomic E-state index is 0.0181. The fraction of sp³-hybridized carbons (Fsp3) is 0.587. The minimum Gasteiger partial charge on any atom is -0.481 e. The number of nitrogens with zero attached hydrogens (tertiary/aromatic N) is 4. The zero-order valence-electron chi connectivity index (χ0n) is 35.5. The average Bonchev–Trinajstić information content (AvgIpc) is 3.27. The van der Waals surface area contributed by atoms with Gasteiger partial charge in [-0.1, -0.05) is 44.6 Å². The number of hydrogen-bond donors (Lipinski definition) is 5. The highest BCUT2D eigenvalue weighted by molar-refractivity contribution is 5.97. The van der Waals surface area contributed by atoms with E-state index < -0.39 is 17.4 Å². The lowest BCUT2D eigenvalue weighted by molar-refractivity contribution is -0.139. The molecule has 2 saturated carbocycles.